The maximum Gasteiger partial charge on any atom is 0.417 e. The zero-order valence-electron chi connectivity index (χ0n) is 11.5. The summed E-state index contributed by atoms with van der Waals surface area (Å²) in [5.41, 5.74) is 6.26. The van der Waals surface area contributed by atoms with Gasteiger partial charge in [0.25, 0.3) is 0 Å². The van der Waals surface area contributed by atoms with E-state index in [9.17, 15) is 13.2 Å². The molecule has 0 unspecified atom stereocenters. The summed E-state index contributed by atoms with van der Waals surface area (Å²) >= 11 is 6.93. The second kappa shape index (κ2) is 5.85. The molecule has 2 nitrogen and oxygen atoms in total. The fourth-order valence-electron chi connectivity index (χ4n) is 2.05. The average Bonchev–Trinajstić information content (AvgIpc) is 2.71. The molecule has 2 rings (SSSR count). The second-order valence-electron chi connectivity index (χ2n) is 5.00. The molecule has 0 spiro atoms. The lowest BCUT2D eigenvalue weighted by molar-refractivity contribution is -0.137. The number of thiazole rings is 1. The Morgan fingerprint density at radius 3 is 2.57 bits per heavy atom. The van der Waals surface area contributed by atoms with Gasteiger partial charge in [-0.05, 0) is 23.6 Å². The van der Waals surface area contributed by atoms with Crippen molar-refractivity contribution in [2.24, 2.45) is 0 Å². The highest BCUT2D eigenvalue weighted by Crippen LogP contribution is 2.36. The highest BCUT2D eigenvalue weighted by atomic mass is 35.5. The number of nitrogens with two attached hydrogens (primary N) is 1. The van der Waals surface area contributed by atoms with Crippen molar-refractivity contribution >= 4 is 28.1 Å². The Labute approximate surface area is 129 Å². The molecule has 0 bridgehead atoms. The van der Waals surface area contributed by atoms with Gasteiger partial charge in [-0.2, -0.15) is 13.2 Å². The summed E-state index contributed by atoms with van der Waals surface area (Å²) in [4.78, 5) is 5.13. The lowest BCUT2D eigenvalue weighted by atomic mass is 10.0. The normalized spacial score (nSPS) is 12.1. The van der Waals surface area contributed by atoms with Crippen LogP contribution in [0.25, 0.3) is 0 Å². The molecule has 0 fully saturated rings. The highest BCUT2D eigenvalue weighted by Gasteiger charge is 2.33. The van der Waals surface area contributed by atoms with E-state index in [1.54, 1.807) is 6.07 Å². The van der Waals surface area contributed by atoms with E-state index < -0.39 is 11.7 Å². The van der Waals surface area contributed by atoms with Crippen LogP contribution in [0.4, 0.5) is 18.3 Å². The van der Waals surface area contributed by atoms with Gasteiger partial charge in [0.15, 0.2) is 5.13 Å². The van der Waals surface area contributed by atoms with Crippen molar-refractivity contribution in [2.75, 3.05) is 5.73 Å². The number of hydrogen-bond donors (Lipinski definition) is 1. The first-order valence-corrected chi connectivity index (χ1v) is 7.48. The molecule has 1 aromatic carbocycles. The third kappa shape index (κ3) is 3.68. The Balaban J connectivity index is 2.37. The minimum atomic E-state index is -4.46. The van der Waals surface area contributed by atoms with Gasteiger partial charge in [0, 0.05) is 11.3 Å². The zero-order valence-corrected chi connectivity index (χ0v) is 13.0. The summed E-state index contributed by atoms with van der Waals surface area (Å²) in [5.74, 6) is 0.169. The number of aromatic nitrogens is 1. The van der Waals surface area contributed by atoms with E-state index in [0.717, 1.165) is 16.6 Å². The van der Waals surface area contributed by atoms with Crippen LogP contribution in [0.15, 0.2) is 18.2 Å². The van der Waals surface area contributed by atoms with Crippen LogP contribution >= 0.6 is 22.9 Å². The highest BCUT2D eigenvalue weighted by molar-refractivity contribution is 7.15. The fraction of sp³-hybridized carbons (Fsp3) is 0.357. The van der Waals surface area contributed by atoms with Gasteiger partial charge in [-0.3, -0.25) is 0 Å². The first-order chi connectivity index (χ1) is 9.68. The standard InChI is InChI=1S/C14H14ClF3N2S/c1-7(2)12-11(21-13(19)20-12)6-8-3-4-10(15)9(5-8)14(16,17)18/h3-5,7H,6H2,1-2H3,(H2,19,20). The van der Waals surface area contributed by atoms with Gasteiger partial charge >= 0.3 is 6.18 Å². The van der Waals surface area contributed by atoms with E-state index in [1.165, 1.54) is 17.4 Å². The van der Waals surface area contributed by atoms with Crippen LogP contribution in [-0.2, 0) is 12.6 Å². The van der Waals surface area contributed by atoms with Crippen LogP contribution in [-0.4, -0.2) is 4.98 Å². The maximum absolute atomic E-state index is 12.9. The van der Waals surface area contributed by atoms with Crippen molar-refractivity contribution in [2.45, 2.75) is 32.4 Å². The van der Waals surface area contributed by atoms with Crippen molar-refractivity contribution < 1.29 is 13.2 Å². The molecule has 114 valence electrons. The van der Waals surface area contributed by atoms with Crippen LogP contribution in [0, 0.1) is 0 Å². The molecular formula is C14H14ClF3N2S. The monoisotopic (exact) mass is 334 g/mol. The molecule has 21 heavy (non-hydrogen) atoms. The van der Waals surface area contributed by atoms with E-state index in [1.807, 2.05) is 13.8 Å². The Bertz CT molecular complexity index is 650. The third-order valence-corrected chi connectivity index (χ3v) is 4.22. The SMILES string of the molecule is CC(C)c1nc(N)sc1Cc1ccc(Cl)c(C(F)(F)F)c1. The number of benzene rings is 1. The Morgan fingerprint density at radius 2 is 2.00 bits per heavy atom. The molecule has 2 aromatic rings. The average molecular weight is 335 g/mol. The smallest absolute Gasteiger partial charge is 0.375 e. The summed E-state index contributed by atoms with van der Waals surface area (Å²) in [6.45, 7) is 3.95. The molecule has 1 heterocycles. The zero-order chi connectivity index (χ0) is 15.8. The molecule has 0 saturated carbocycles. The van der Waals surface area contributed by atoms with E-state index in [0.29, 0.717) is 17.1 Å². The van der Waals surface area contributed by atoms with Crippen LogP contribution in [0.5, 0.6) is 0 Å². The molecule has 2 N–H and O–H groups in total. The number of anilines is 1. The topological polar surface area (TPSA) is 38.9 Å². The molecule has 0 aliphatic heterocycles. The Hall–Kier alpha value is -1.27. The molecule has 0 radical (unpaired) electrons. The summed E-state index contributed by atoms with van der Waals surface area (Å²) in [6.07, 6.45) is -4.09. The predicted molar refractivity (Wildman–Crippen MR) is 79.9 cm³/mol. The Kier molecular flexibility index (Phi) is 4.49. The number of rotatable bonds is 3. The predicted octanol–water partition coefficient (Wildman–Crippen LogP) is 5.11. The van der Waals surface area contributed by atoms with Crippen LogP contribution in [0.2, 0.25) is 5.02 Å². The van der Waals surface area contributed by atoms with E-state index >= 15 is 0 Å². The lowest BCUT2D eigenvalue weighted by Gasteiger charge is -2.11. The summed E-state index contributed by atoms with van der Waals surface area (Å²) in [7, 11) is 0. The van der Waals surface area contributed by atoms with Crippen LogP contribution < -0.4 is 5.73 Å². The largest absolute Gasteiger partial charge is 0.417 e. The molecule has 7 heteroatoms. The first-order valence-electron chi connectivity index (χ1n) is 6.29. The molecule has 0 amide bonds. The van der Waals surface area contributed by atoms with Crippen LogP contribution in [0.1, 0.15) is 41.5 Å². The maximum atomic E-state index is 12.9. The Morgan fingerprint density at radius 1 is 1.33 bits per heavy atom. The number of halogens is 4. The molecule has 0 saturated heterocycles. The van der Waals surface area contributed by atoms with Gasteiger partial charge < -0.3 is 5.73 Å². The summed E-state index contributed by atoms with van der Waals surface area (Å²) in [6, 6.07) is 3.96. The summed E-state index contributed by atoms with van der Waals surface area (Å²) < 4.78 is 38.6. The second-order valence-corrected chi connectivity index (χ2v) is 6.53. The molecule has 0 aliphatic rings. The lowest BCUT2D eigenvalue weighted by Crippen LogP contribution is -2.07. The van der Waals surface area contributed by atoms with Gasteiger partial charge in [0.05, 0.1) is 16.3 Å². The minimum absolute atomic E-state index is 0.169. The van der Waals surface area contributed by atoms with Crippen molar-refractivity contribution in [1.82, 2.24) is 4.98 Å². The number of nitrogen functional groups attached to an aromatic ring is 1. The minimum Gasteiger partial charge on any atom is -0.375 e. The quantitative estimate of drug-likeness (QED) is 0.847. The fourth-order valence-corrected chi connectivity index (χ4v) is 3.29. The third-order valence-electron chi connectivity index (χ3n) is 2.99. The molecule has 0 aliphatic carbocycles. The van der Waals surface area contributed by atoms with Gasteiger partial charge in [0.2, 0.25) is 0 Å². The first kappa shape index (κ1) is 16.1. The number of nitrogens with zero attached hydrogens (tertiary/aromatic N) is 1. The molecule has 1 aromatic heterocycles. The summed E-state index contributed by atoms with van der Waals surface area (Å²) in [5, 5.41) is 0.137. The number of alkyl halides is 3. The van der Waals surface area contributed by atoms with Crippen molar-refractivity contribution in [3.63, 3.8) is 0 Å². The van der Waals surface area contributed by atoms with Gasteiger partial charge in [-0.15, -0.1) is 11.3 Å². The van der Waals surface area contributed by atoms with Gasteiger partial charge in [-0.25, -0.2) is 4.98 Å². The van der Waals surface area contributed by atoms with E-state index in [4.69, 9.17) is 17.3 Å². The molecular weight excluding hydrogens is 321 g/mol. The van der Waals surface area contributed by atoms with Crippen molar-refractivity contribution in [1.29, 1.82) is 0 Å². The molecule has 0 atom stereocenters. The van der Waals surface area contributed by atoms with Gasteiger partial charge in [-0.1, -0.05) is 31.5 Å². The van der Waals surface area contributed by atoms with Crippen molar-refractivity contribution in [3.05, 3.63) is 44.9 Å². The number of hydrogen-bond acceptors (Lipinski definition) is 3. The van der Waals surface area contributed by atoms with E-state index in [2.05, 4.69) is 4.98 Å². The van der Waals surface area contributed by atoms with Gasteiger partial charge in [0.1, 0.15) is 0 Å². The van der Waals surface area contributed by atoms with Crippen molar-refractivity contribution in [3.8, 4) is 0 Å². The van der Waals surface area contributed by atoms with Crippen LogP contribution in [0.3, 0.4) is 0 Å². The van der Waals surface area contributed by atoms with E-state index in [-0.39, 0.29) is 10.9 Å².